The largest absolute Gasteiger partial charge is 0.396 e. The summed E-state index contributed by atoms with van der Waals surface area (Å²) in [4.78, 5) is 0. The van der Waals surface area contributed by atoms with Crippen molar-refractivity contribution in [1.29, 1.82) is 0 Å². The van der Waals surface area contributed by atoms with E-state index in [9.17, 15) is 5.11 Å². The minimum atomic E-state index is 0.189. The molecule has 1 rings (SSSR count). The zero-order valence-corrected chi connectivity index (χ0v) is 7.56. The number of hydrogen-bond acceptors (Lipinski definition) is 2. The fourth-order valence-electron chi connectivity index (χ4n) is 1.91. The number of aliphatic hydroxyl groups excluding tert-OH is 1. The fraction of sp³-hybridized carbons (Fsp3) is 1.00. The van der Waals surface area contributed by atoms with Gasteiger partial charge in [-0.15, -0.1) is 0 Å². The molecule has 66 valence electrons. The van der Waals surface area contributed by atoms with Crippen LogP contribution in [-0.2, 0) is 0 Å². The summed E-state index contributed by atoms with van der Waals surface area (Å²) in [6, 6.07) is 0. The topological polar surface area (TPSA) is 32.3 Å². The standard InChI is InChI=1S/C9H19NO/c1-3-8(2)9(7-11)4-5-10-6-9/h8,10-11H,3-7H2,1-2H3. The molecule has 2 N–H and O–H groups in total. The molecule has 0 aromatic rings. The first-order chi connectivity index (χ1) is 5.25. The maximum Gasteiger partial charge on any atom is 0.0502 e. The summed E-state index contributed by atoms with van der Waals surface area (Å²) in [5.41, 5.74) is 0.189. The summed E-state index contributed by atoms with van der Waals surface area (Å²) in [7, 11) is 0. The van der Waals surface area contributed by atoms with E-state index in [4.69, 9.17) is 0 Å². The molecule has 1 aliphatic rings. The van der Waals surface area contributed by atoms with Crippen LogP contribution in [0.4, 0.5) is 0 Å². The lowest BCUT2D eigenvalue weighted by molar-refractivity contribution is 0.0854. The van der Waals surface area contributed by atoms with E-state index in [-0.39, 0.29) is 5.41 Å². The van der Waals surface area contributed by atoms with Crippen molar-refractivity contribution in [3.05, 3.63) is 0 Å². The normalized spacial score (nSPS) is 34.1. The SMILES string of the molecule is CCC(C)C1(CO)CCNC1. The Bertz CT molecular complexity index is 119. The van der Waals surface area contributed by atoms with Crippen molar-refractivity contribution in [2.75, 3.05) is 19.7 Å². The number of hydrogen-bond donors (Lipinski definition) is 2. The zero-order chi connectivity index (χ0) is 8.32. The van der Waals surface area contributed by atoms with E-state index in [0.717, 1.165) is 19.5 Å². The van der Waals surface area contributed by atoms with E-state index in [1.165, 1.54) is 6.42 Å². The van der Waals surface area contributed by atoms with E-state index in [1.54, 1.807) is 0 Å². The Kier molecular flexibility index (Phi) is 2.90. The molecule has 1 fully saturated rings. The Hall–Kier alpha value is -0.0800. The van der Waals surface area contributed by atoms with Crippen molar-refractivity contribution in [2.24, 2.45) is 11.3 Å². The predicted molar refractivity (Wildman–Crippen MR) is 46.5 cm³/mol. The van der Waals surface area contributed by atoms with Crippen molar-refractivity contribution < 1.29 is 5.11 Å². The van der Waals surface area contributed by atoms with Crippen LogP contribution in [0.2, 0.25) is 0 Å². The number of rotatable bonds is 3. The molecule has 0 radical (unpaired) electrons. The van der Waals surface area contributed by atoms with Crippen LogP contribution in [-0.4, -0.2) is 24.8 Å². The maximum atomic E-state index is 9.28. The summed E-state index contributed by atoms with van der Waals surface area (Å²) >= 11 is 0. The van der Waals surface area contributed by atoms with Crippen molar-refractivity contribution in [2.45, 2.75) is 26.7 Å². The first-order valence-electron chi connectivity index (χ1n) is 4.57. The lowest BCUT2D eigenvalue weighted by Crippen LogP contribution is -2.34. The smallest absolute Gasteiger partial charge is 0.0502 e. The zero-order valence-electron chi connectivity index (χ0n) is 7.56. The van der Waals surface area contributed by atoms with E-state index in [1.807, 2.05) is 0 Å². The van der Waals surface area contributed by atoms with Crippen molar-refractivity contribution in [1.82, 2.24) is 5.32 Å². The molecule has 1 saturated heterocycles. The van der Waals surface area contributed by atoms with Gasteiger partial charge >= 0.3 is 0 Å². The van der Waals surface area contributed by atoms with E-state index in [2.05, 4.69) is 19.2 Å². The Morgan fingerprint density at radius 3 is 2.73 bits per heavy atom. The first kappa shape index (κ1) is 9.01. The minimum Gasteiger partial charge on any atom is -0.396 e. The third-order valence-electron chi connectivity index (χ3n) is 3.25. The summed E-state index contributed by atoms with van der Waals surface area (Å²) in [6.07, 6.45) is 2.31. The summed E-state index contributed by atoms with van der Waals surface area (Å²) < 4.78 is 0. The molecule has 0 amide bonds. The van der Waals surface area contributed by atoms with Crippen LogP contribution in [0.25, 0.3) is 0 Å². The lowest BCUT2D eigenvalue weighted by Gasteiger charge is -2.32. The van der Waals surface area contributed by atoms with Gasteiger partial charge in [0.2, 0.25) is 0 Å². The van der Waals surface area contributed by atoms with Gasteiger partial charge in [0.1, 0.15) is 0 Å². The number of nitrogens with one attached hydrogen (secondary N) is 1. The first-order valence-corrected chi connectivity index (χ1v) is 4.57. The van der Waals surface area contributed by atoms with Crippen LogP contribution in [0.15, 0.2) is 0 Å². The van der Waals surface area contributed by atoms with Crippen LogP contribution in [0.3, 0.4) is 0 Å². The van der Waals surface area contributed by atoms with E-state index in [0.29, 0.717) is 12.5 Å². The second-order valence-corrected chi connectivity index (χ2v) is 3.76. The Balaban J connectivity index is 2.58. The van der Waals surface area contributed by atoms with Crippen LogP contribution >= 0.6 is 0 Å². The Morgan fingerprint density at radius 1 is 1.64 bits per heavy atom. The van der Waals surface area contributed by atoms with Crippen molar-refractivity contribution >= 4 is 0 Å². The van der Waals surface area contributed by atoms with Gasteiger partial charge in [-0.1, -0.05) is 20.3 Å². The highest BCUT2D eigenvalue weighted by molar-refractivity contribution is 4.90. The van der Waals surface area contributed by atoms with E-state index < -0.39 is 0 Å². The molecular formula is C9H19NO. The van der Waals surface area contributed by atoms with Crippen LogP contribution in [0.5, 0.6) is 0 Å². The molecule has 2 atom stereocenters. The quantitative estimate of drug-likeness (QED) is 0.640. The monoisotopic (exact) mass is 157 g/mol. The molecule has 0 spiro atoms. The van der Waals surface area contributed by atoms with Crippen molar-refractivity contribution in [3.63, 3.8) is 0 Å². The van der Waals surface area contributed by atoms with Gasteiger partial charge in [-0.2, -0.15) is 0 Å². The van der Waals surface area contributed by atoms with Gasteiger partial charge in [-0.3, -0.25) is 0 Å². The fourth-order valence-corrected chi connectivity index (χ4v) is 1.91. The molecule has 0 saturated carbocycles. The molecule has 0 aromatic carbocycles. The lowest BCUT2D eigenvalue weighted by atomic mass is 9.75. The second kappa shape index (κ2) is 3.55. The molecule has 0 aromatic heterocycles. The minimum absolute atomic E-state index is 0.189. The molecule has 0 bridgehead atoms. The van der Waals surface area contributed by atoms with Gasteiger partial charge in [-0.25, -0.2) is 0 Å². The highest BCUT2D eigenvalue weighted by Gasteiger charge is 2.37. The average Bonchev–Trinajstić information content (AvgIpc) is 2.52. The van der Waals surface area contributed by atoms with Gasteiger partial charge in [0.25, 0.3) is 0 Å². The van der Waals surface area contributed by atoms with Crippen LogP contribution in [0.1, 0.15) is 26.7 Å². The van der Waals surface area contributed by atoms with Gasteiger partial charge < -0.3 is 10.4 Å². The number of aliphatic hydroxyl groups is 1. The van der Waals surface area contributed by atoms with E-state index >= 15 is 0 Å². The van der Waals surface area contributed by atoms with Gasteiger partial charge in [-0.05, 0) is 18.9 Å². The predicted octanol–water partition coefficient (Wildman–Crippen LogP) is 1.00. The highest BCUT2D eigenvalue weighted by atomic mass is 16.3. The van der Waals surface area contributed by atoms with Crippen LogP contribution < -0.4 is 5.32 Å². The molecule has 1 heterocycles. The molecule has 11 heavy (non-hydrogen) atoms. The van der Waals surface area contributed by atoms with Crippen LogP contribution in [0, 0.1) is 11.3 Å². The average molecular weight is 157 g/mol. The molecule has 0 aliphatic carbocycles. The summed E-state index contributed by atoms with van der Waals surface area (Å²) in [5.74, 6) is 0.641. The Labute approximate surface area is 69.0 Å². The third-order valence-corrected chi connectivity index (χ3v) is 3.25. The molecule has 2 nitrogen and oxygen atoms in total. The molecule has 2 heteroatoms. The Morgan fingerprint density at radius 2 is 2.36 bits per heavy atom. The third kappa shape index (κ3) is 1.57. The van der Waals surface area contributed by atoms with Gasteiger partial charge in [0.05, 0.1) is 6.61 Å². The molecular weight excluding hydrogens is 138 g/mol. The molecule has 1 aliphatic heterocycles. The van der Waals surface area contributed by atoms with Gasteiger partial charge in [0, 0.05) is 12.0 Å². The summed E-state index contributed by atoms with van der Waals surface area (Å²) in [6.45, 7) is 6.85. The van der Waals surface area contributed by atoms with Gasteiger partial charge in [0.15, 0.2) is 0 Å². The van der Waals surface area contributed by atoms with Crippen molar-refractivity contribution in [3.8, 4) is 0 Å². The molecule has 2 unspecified atom stereocenters. The second-order valence-electron chi connectivity index (χ2n) is 3.76. The summed E-state index contributed by atoms with van der Waals surface area (Å²) in [5, 5.41) is 12.6. The maximum absolute atomic E-state index is 9.28. The highest BCUT2D eigenvalue weighted by Crippen LogP contribution is 2.35.